The Labute approximate surface area is 97.0 Å². The second-order valence-corrected chi connectivity index (χ2v) is 3.14. The Morgan fingerprint density at radius 3 is 2.15 bits per heavy atom. The van der Waals surface area contributed by atoms with Gasteiger partial charge >= 0.3 is 6.09 Å². The van der Waals surface area contributed by atoms with Gasteiger partial charge in [-0.05, 0) is 13.8 Å². The van der Waals surface area contributed by atoms with Crippen LogP contribution in [0, 0.1) is 0 Å². The minimum absolute atomic E-state index is 0. The van der Waals surface area contributed by atoms with Crippen molar-refractivity contribution in [3.05, 3.63) is 0 Å². The molecule has 4 nitrogen and oxygen atoms in total. The van der Waals surface area contributed by atoms with Gasteiger partial charge in [0, 0.05) is 0 Å². The molecule has 0 saturated carbocycles. The van der Waals surface area contributed by atoms with Crippen molar-refractivity contribution in [1.29, 1.82) is 0 Å². The van der Waals surface area contributed by atoms with E-state index in [-0.39, 0.29) is 24.0 Å². The summed E-state index contributed by atoms with van der Waals surface area (Å²) < 4.78 is 5.57. The van der Waals surface area contributed by atoms with Gasteiger partial charge in [-0.3, -0.25) is 0 Å². The summed E-state index contributed by atoms with van der Waals surface area (Å²) in [6.07, 6.45) is -0.686. The number of likely N-dealkylation sites (N-methyl/N-ethyl adjacent to an activating group) is 1. The average molecular weight is 302 g/mol. The maximum absolute atomic E-state index is 10.3. The van der Waals surface area contributed by atoms with Gasteiger partial charge in [-0.2, -0.15) is 0 Å². The smallest absolute Gasteiger partial charge is 0.404 e. The van der Waals surface area contributed by atoms with Gasteiger partial charge in [0.1, 0.15) is 13.2 Å². The van der Waals surface area contributed by atoms with Crippen LogP contribution >= 0.6 is 0 Å². The van der Waals surface area contributed by atoms with Gasteiger partial charge in [-0.25, -0.2) is 4.79 Å². The molecule has 80 valence electrons. The molecule has 5 heteroatoms. The Bertz CT molecular complexity index is 149. The van der Waals surface area contributed by atoms with Gasteiger partial charge in [0.2, 0.25) is 0 Å². The lowest BCUT2D eigenvalue weighted by atomic mass is 10.4. The lowest BCUT2D eigenvalue weighted by molar-refractivity contribution is -0.906. The van der Waals surface area contributed by atoms with Crippen LogP contribution in [-0.2, 0) is 4.74 Å². The van der Waals surface area contributed by atoms with Crippen molar-refractivity contribution in [1.82, 2.24) is 0 Å². The Balaban J connectivity index is 0. The highest BCUT2D eigenvalue weighted by molar-refractivity contribution is 5.64. The highest BCUT2D eigenvalue weighted by Gasteiger charge is 2.15. The second kappa shape index (κ2) is 7.37. The van der Waals surface area contributed by atoms with Crippen molar-refractivity contribution >= 4 is 6.09 Å². The summed E-state index contributed by atoms with van der Waals surface area (Å²) in [4.78, 5) is 10.3. The monoisotopic (exact) mass is 302 g/mol. The quantitative estimate of drug-likeness (QED) is 0.454. The van der Waals surface area contributed by atoms with Crippen LogP contribution in [0.3, 0.4) is 0 Å². The summed E-state index contributed by atoms with van der Waals surface area (Å²) >= 11 is 0. The molecule has 0 radical (unpaired) electrons. The molecule has 0 atom stereocenters. The first-order valence-electron chi connectivity index (χ1n) is 4.30. The predicted molar refractivity (Wildman–Crippen MR) is 47.7 cm³/mol. The molecule has 13 heavy (non-hydrogen) atoms. The Morgan fingerprint density at radius 1 is 1.38 bits per heavy atom. The third-order valence-electron chi connectivity index (χ3n) is 2.40. The van der Waals surface area contributed by atoms with Gasteiger partial charge in [0.25, 0.3) is 0 Å². The van der Waals surface area contributed by atoms with E-state index in [2.05, 4.69) is 25.6 Å². The Morgan fingerprint density at radius 2 is 1.85 bits per heavy atom. The van der Waals surface area contributed by atoms with Gasteiger partial charge in [-0.1, -0.05) is 0 Å². The molecule has 0 fully saturated rings. The molecular weight excluding hydrogens is 283 g/mol. The van der Waals surface area contributed by atoms with E-state index in [1.165, 1.54) is 0 Å². The zero-order valence-corrected chi connectivity index (χ0v) is 10.7. The number of primary amides is 1. The van der Waals surface area contributed by atoms with Crippen LogP contribution in [0.1, 0.15) is 13.8 Å². The maximum Gasteiger partial charge on any atom is 0.404 e. The van der Waals surface area contributed by atoms with E-state index in [0.29, 0.717) is 6.61 Å². The van der Waals surface area contributed by atoms with E-state index >= 15 is 0 Å². The van der Waals surface area contributed by atoms with E-state index in [1.54, 1.807) is 0 Å². The van der Waals surface area contributed by atoms with Gasteiger partial charge in [0.05, 0.1) is 20.1 Å². The second-order valence-electron chi connectivity index (χ2n) is 3.14. The molecule has 0 bridgehead atoms. The Hall–Kier alpha value is -0.0400. The first-order valence-corrected chi connectivity index (χ1v) is 4.30. The van der Waals surface area contributed by atoms with E-state index < -0.39 is 6.09 Å². The standard InChI is InChI=1S/C8H18N2O2.HI/c1-4-10(3,5-2)6-7-12-8(9)11;/h4-7H2,1-3H3,(H-,9,11);1H. The first-order chi connectivity index (χ1) is 5.54. The molecule has 0 unspecified atom stereocenters. The molecule has 2 N–H and O–H groups in total. The van der Waals surface area contributed by atoms with E-state index in [0.717, 1.165) is 24.1 Å². The third kappa shape index (κ3) is 7.06. The lowest BCUT2D eigenvalue weighted by Crippen LogP contribution is -3.00. The summed E-state index contributed by atoms with van der Waals surface area (Å²) in [7, 11) is 2.13. The number of halogens is 1. The molecule has 0 aromatic heterocycles. The number of carbonyl (C=O) groups is 1. The average Bonchev–Trinajstić information content (AvgIpc) is 2.03. The third-order valence-corrected chi connectivity index (χ3v) is 2.40. The minimum atomic E-state index is -0.686. The summed E-state index contributed by atoms with van der Waals surface area (Å²) in [5.41, 5.74) is 4.84. The first kappa shape index (κ1) is 15.4. The van der Waals surface area contributed by atoms with Gasteiger partial charge in [-0.15, -0.1) is 0 Å². The SMILES string of the molecule is CC[N+](C)(CC)CCOC(N)=O.[I-]. The van der Waals surface area contributed by atoms with E-state index in [4.69, 9.17) is 5.73 Å². The zero-order chi connectivity index (χ0) is 9.61. The normalized spacial score (nSPS) is 10.4. The lowest BCUT2D eigenvalue weighted by Gasteiger charge is -2.31. The Kier molecular flexibility index (Phi) is 8.75. The molecular formula is C8H19IN2O2. The summed E-state index contributed by atoms with van der Waals surface area (Å²) in [6, 6.07) is 0. The largest absolute Gasteiger partial charge is 1.00 e. The molecule has 0 aliphatic heterocycles. The number of amides is 1. The number of ether oxygens (including phenoxy) is 1. The number of carbonyl (C=O) groups excluding carboxylic acids is 1. The van der Waals surface area contributed by atoms with Crippen molar-refractivity contribution < 1.29 is 38.0 Å². The molecule has 1 amide bonds. The van der Waals surface area contributed by atoms with Crippen LogP contribution in [-0.4, -0.2) is 43.9 Å². The fourth-order valence-electron chi connectivity index (χ4n) is 0.906. The maximum atomic E-state index is 10.3. The summed E-state index contributed by atoms with van der Waals surface area (Å²) in [6.45, 7) is 7.56. The van der Waals surface area contributed by atoms with Gasteiger partial charge in [0.15, 0.2) is 0 Å². The number of nitrogens with zero attached hydrogens (tertiary/aromatic N) is 1. The zero-order valence-electron chi connectivity index (χ0n) is 8.55. The molecule has 0 aromatic carbocycles. The number of rotatable bonds is 5. The van der Waals surface area contributed by atoms with Crippen LogP contribution in [0.25, 0.3) is 0 Å². The minimum Gasteiger partial charge on any atom is -1.00 e. The van der Waals surface area contributed by atoms with Crippen molar-refractivity contribution in [3.63, 3.8) is 0 Å². The van der Waals surface area contributed by atoms with Crippen LogP contribution in [0.15, 0.2) is 0 Å². The molecule has 0 aromatic rings. The molecule has 0 heterocycles. The van der Waals surface area contributed by atoms with E-state index in [9.17, 15) is 4.79 Å². The van der Waals surface area contributed by atoms with Crippen molar-refractivity contribution in [2.45, 2.75) is 13.8 Å². The van der Waals surface area contributed by atoms with Crippen molar-refractivity contribution in [2.24, 2.45) is 5.73 Å². The van der Waals surface area contributed by atoms with Crippen LogP contribution < -0.4 is 29.7 Å². The topological polar surface area (TPSA) is 52.3 Å². The molecule has 0 saturated heterocycles. The number of hydrogen-bond donors (Lipinski definition) is 1. The highest BCUT2D eigenvalue weighted by Crippen LogP contribution is 1.99. The fraction of sp³-hybridized carbons (Fsp3) is 0.875. The molecule has 0 rings (SSSR count). The summed E-state index contributed by atoms with van der Waals surface area (Å²) in [5, 5.41) is 0. The molecule has 0 aliphatic carbocycles. The fourth-order valence-corrected chi connectivity index (χ4v) is 0.906. The van der Waals surface area contributed by atoms with Crippen LogP contribution in [0.4, 0.5) is 4.79 Å². The molecule has 0 aliphatic rings. The van der Waals surface area contributed by atoms with Crippen LogP contribution in [0.5, 0.6) is 0 Å². The summed E-state index contributed by atoms with van der Waals surface area (Å²) in [5.74, 6) is 0. The number of quaternary nitrogens is 1. The van der Waals surface area contributed by atoms with Crippen molar-refractivity contribution in [3.8, 4) is 0 Å². The number of nitrogens with two attached hydrogens (primary N) is 1. The van der Waals surface area contributed by atoms with Gasteiger partial charge < -0.3 is 38.9 Å². The van der Waals surface area contributed by atoms with E-state index in [1.807, 2.05) is 0 Å². The molecule has 0 spiro atoms. The highest BCUT2D eigenvalue weighted by atomic mass is 127. The predicted octanol–water partition coefficient (Wildman–Crippen LogP) is -2.43. The number of hydrogen-bond acceptors (Lipinski definition) is 2. The van der Waals surface area contributed by atoms with Crippen molar-refractivity contribution in [2.75, 3.05) is 33.3 Å². The van der Waals surface area contributed by atoms with Crippen LogP contribution in [0.2, 0.25) is 0 Å².